The molecule has 1 aromatic carbocycles. The van der Waals surface area contributed by atoms with Crippen molar-refractivity contribution in [1.29, 1.82) is 0 Å². The molecule has 0 aliphatic carbocycles. The number of nitrogen functional groups attached to an aromatic ring is 1. The molecule has 2 rings (SSSR count). The van der Waals surface area contributed by atoms with Crippen LogP contribution in [-0.2, 0) is 4.79 Å². The van der Waals surface area contributed by atoms with Gasteiger partial charge in [-0.2, -0.15) is 0 Å². The zero-order chi connectivity index (χ0) is 19.3. The van der Waals surface area contributed by atoms with E-state index in [2.05, 4.69) is 5.32 Å². The first kappa shape index (κ1) is 23.4. The van der Waals surface area contributed by atoms with Gasteiger partial charge in [0, 0.05) is 31.1 Å². The number of methoxy groups -OCH3 is 1. The van der Waals surface area contributed by atoms with Gasteiger partial charge in [-0.05, 0) is 31.7 Å². The lowest BCUT2D eigenvalue weighted by atomic mass is 9.98. The largest absolute Gasteiger partial charge is 0.496 e. The van der Waals surface area contributed by atoms with Crippen LogP contribution in [0.5, 0.6) is 5.75 Å². The molecule has 0 unspecified atom stereocenters. The van der Waals surface area contributed by atoms with Crippen molar-refractivity contribution in [2.75, 3.05) is 25.9 Å². The third kappa shape index (κ3) is 5.66. The number of nitrogens with one attached hydrogen (secondary N) is 1. The van der Waals surface area contributed by atoms with Gasteiger partial charge < -0.3 is 20.7 Å². The fraction of sp³-hybridized carbons (Fsp3) is 0.579. The molecule has 0 aromatic heterocycles. The van der Waals surface area contributed by atoms with Crippen molar-refractivity contribution >= 4 is 41.5 Å². The molecule has 1 heterocycles. The molecule has 0 bridgehead atoms. The highest BCUT2D eigenvalue weighted by Crippen LogP contribution is 2.29. The van der Waals surface area contributed by atoms with Gasteiger partial charge in [-0.15, -0.1) is 12.4 Å². The van der Waals surface area contributed by atoms with E-state index in [1.807, 2.05) is 18.7 Å². The first-order chi connectivity index (χ1) is 12.4. The van der Waals surface area contributed by atoms with Crippen molar-refractivity contribution in [1.82, 2.24) is 10.2 Å². The summed E-state index contributed by atoms with van der Waals surface area (Å²) in [4.78, 5) is 27.0. The van der Waals surface area contributed by atoms with Crippen LogP contribution in [0.25, 0.3) is 0 Å². The standard InChI is InChI=1S/C19H28ClN3O3.ClH/c1-4-12(5-2)19(25)23-8-6-13(7-9-23)22-18(24)14-10-15(20)16(21)11-17(14)26-3;/h10-13H,4-9,21H2,1-3H3,(H,22,24);1H. The summed E-state index contributed by atoms with van der Waals surface area (Å²) < 4.78 is 5.24. The quantitative estimate of drug-likeness (QED) is 0.693. The molecule has 1 saturated heterocycles. The first-order valence-corrected chi connectivity index (χ1v) is 9.51. The lowest BCUT2D eigenvalue weighted by Gasteiger charge is -2.34. The summed E-state index contributed by atoms with van der Waals surface area (Å²) in [5.41, 5.74) is 6.49. The number of halogens is 2. The second kappa shape index (κ2) is 10.6. The monoisotopic (exact) mass is 417 g/mol. The number of benzene rings is 1. The summed E-state index contributed by atoms with van der Waals surface area (Å²) in [5.74, 6) is 0.480. The maximum absolute atomic E-state index is 12.6. The fourth-order valence-electron chi connectivity index (χ4n) is 3.32. The highest BCUT2D eigenvalue weighted by molar-refractivity contribution is 6.33. The maximum Gasteiger partial charge on any atom is 0.255 e. The molecule has 3 N–H and O–H groups in total. The first-order valence-electron chi connectivity index (χ1n) is 9.13. The van der Waals surface area contributed by atoms with E-state index in [9.17, 15) is 9.59 Å². The minimum atomic E-state index is -0.242. The maximum atomic E-state index is 12.6. The summed E-state index contributed by atoms with van der Waals surface area (Å²) in [7, 11) is 1.49. The molecule has 1 aliphatic rings. The molecule has 6 nitrogen and oxygen atoms in total. The van der Waals surface area contributed by atoms with E-state index in [1.165, 1.54) is 13.2 Å². The fourth-order valence-corrected chi connectivity index (χ4v) is 3.48. The molecule has 27 heavy (non-hydrogen) atoms. The van der Waals surface area contributed by atoms with Gasteiger partial charge in [0.25, 0.3) is 5.91 Å². The van der Waals surface area contributed by atoms with Crippen LogP contribution in [0.15, 0.2) is 12.1 Å². The van der Waals surface area contributed by atoms with Gasteiger partial charge in [-0.3, -0.25) is 9.59 Å². The number of nitrogens with zero attached hydrogens (tertiary/aromatic N) is 1. The van der Waals surface area contributed by atoms with E-state index >= 15 is 0 Å². The number of amides is 2. The highest BCUT2D eigenvalue weighted by Gasteiger charge is 2.28. The van der Waals surface area contributed by atoms with Crippen molar-refractivity contribution in [2.45, 2.75) is 45.6 Å². The van der Waals surface area contributed by atoms with E-state index in [1.54, 1.807) is 6.07 Å². The van der Waals surface area contributed by atoms with E-state index in [-0.39, 0.29) is 36.2 Å². The number of ether oxygens (including phenoxy) is 1. The zero-order valence-corrected chi connectivity index (χ0v) is 17.7. The van der Waals surface area contributed by atoms with Crippen molar-refractivity contribution in [3.8, 4) is 5.75 Å². The molecule has 152 valence electrons. The number of hydrogen-bond acceptors (Lipinski definition) is 4. The predicted molar refractivity (Wildman–Crippen MR) is 111 cm³/mol. The number of hydrogen-bond donors (Lipinski definition) is 2. The van der Waals surface area contributed by atoms with Crippen molar-refractivity contribution in [3.05, 3.63) is 22.7 Å². The van der Waals surface area contributed by atoms with Gasteiger partial charge in [-0.25, -0.2) is 0 Å². The predicted octanol–water partition coefficient (Wildman–Crippen LogP) is 3.51. The SMILES string of the molecule is CCC(CC)C(=O)N1CCC(NC(=O)c2cc(Cl)c(N)cc2OC)CC1.Cl. The normalized spacial score (nSPS) is 14.6. The minimum Gasteiger partial charge on any atom is -0.496 e. The number of carbonyl (C=O) groups excluding carboxylic acids is 2. The van der Waals surface area contributed by atoms with Crippen LogP contribution in [-0.4, -0.2) is 43.0 Å². The van der Waals surface area contributed by atoms with Crippen molar-refractivity contribution in [3.63, 3.8) is 0 Å². The van der Waals surface area contributed by atoms with Crippen molar-refractivity contribution in [2.24, 2.45) is 5.92 Å². The Labute approximate surface area is 172 Å². The summed E-state index contributed by atoms with van der Waals surface area (Å²) in [6, 6.07) is 3.10. The zero-order valence-electron chi connectivity index (χ0n) is 16.1. The number of nitrogens with two attached hydrogens (primary N) is 1. The summed E-state index contributed by atoms with van der Waals surface area (Å²) in [5, 5.41) is 3.34. The van der Waals surface area contributed by atoms with Gasteiger partial charge in [0.05, 0.1) is 23.4 Å². The Kier molecular flexibility index (Phi) is 9.19. The molecule has 0 atom stereocenters. The topological polar surface area (TPSA) is 84.7 Å². The Hall–Kier alpha value is -1.66. The van der Waals surface area contributed by atoms with Gasteiger partial charge in [-0.1, -0.05) is 25.4 Å². The lowest BCUT2D eigenvalue weighted by molar-refractivity contribution is -0.136. The van der Waals surface area contributed by atoms with E-state index in [4.69, 9.17) is 22.1 Å². The number of rotatable bonds is 6. The number of anilines is 1. The van der Waals surface area contributed by atoms with Gasteiger partial charge in [0.15, 0.2) is 0 Å². The molecule has 1 fully saturated rings. The Morgan fingerprint density at radius 2 is 1.89 bits per heavy atom. The molecule has 0 saturated carbocycles. The molecule has 0 spiro atoms. The number of piperidine rings is 1. The van der Waals surface area contributed by atoms with Gasteiger partial charge >= 0.3 is 0 Å². The summed E-state index contributed by atoms with van der Waals surface area (Å²) in [6.07, 6.45) is 3.21. The van der Waals surface area contributed by atoms with Crippen LogP contribution in [0.4, 0.5) is 5.69 Å². The summed E-state index contributed by atoms with van der Waals surface area (Å²) in [6.45, 7) is 5.42. The van der Waals surface area contributed by atoms with E-state index in [0.29, 0.717) is 35.1 Å². The molecule has 1 aromatic rings. The Morgan fingerprint density at radius 3 is 2.41 bits per heavy atom. The van der Waals surface area contributed by atoms with Crippen molar-refractivity contribution < 1.29 is 14.3 Å². The second-order valence-electron chi connectivity index (χ2n) is 6.66. The number of likely N-dealkylation sites (tertiary alicyclic amines) is 1. The van der Waals surface area contributed by atoms with Gasteiger partial charge in [0.1, 0.15) is 5.75 Å². The lowest BCUT2D eigenvalue weighted by Crippen LogP contribution is -2.48. The summed E-state index contributed by atoms with van der Waals surface area (Å²) >= 11 is 6.04. The van der Waals surface area contributed by atoms with Crippen LogP contribution < -0.4 is 15.8 Å². The minimum absolute atomic E-state index is 0. The van der Waals surface area contributed by atoms with E-state index in [0.717, 1.165) is 25.7 Å². The molecular weight excluding hydrogens is 389 g/mol. The smallest absolute Gasteiger partial charge is 0.255 e. The molecule has 1 aliphatic heterocycles. The molecule has 0 radical (unpaired) electrons. The molecule has 2 amide bonds. The van der Waals surface area contributed by atoms with Gasteiger partial charge in [0.2, 0.25) is 5.91 Å². The Balaban J connectivity index is 0.00000364. The number of carbonyl (C=O) groups is 2. The Morgan fingerprint density at radius 1 is 1.30 bits per heavy atom. The van der Waals surface area contributed by atoms with Crippen LogP contribution in [0.3, 0.4) is 0 Å². The third-order valence-corrected chi connectivity index (χ3v) is 5.37. The van der Waals surface area contributed by atoms with Crippen LogP contribution in [0.1, 0.15) is 49.9 Å². The third-order valence-electron chi connectivity index (χ3n) is 5.04. The van der Waals surface area contributed by atoms with Crippen LogP contribution in [0, 0.1) is 5.92 Å². The van der Waals surface area contributed by atoms with Crippen LogP contribution in [0.2, 0.25) is 5.02 Å². The average Bonchev–Trinajstić information content (AvgIpc) is 2.65. The Bertz CT molecular complexity index is 658. The van der Waals surface area contributed by atoms with E-state index < -0.39 is 0 Å². The average molecular weight is 418 g/mol. The van der Waals surface area contributed by atoms with Crippen LogP contribution >= 0.6 is 24.0 Å². The molecule has 8 heteroatoms. The second-order valence-corrected chi connectivity index (χ2v) is 7.07. The highest BCUT2D eigenvalue weighted by atomic mass is 35.5. The molecular formula is C19H29Cl2N3O3.